The fraction of sp³-hybridized carbons (Fsp3) is 0.263. The maximum atomic E-state index is 12.7. The summed E-state index contributed by atoms with van der Waals surface area (Å²) in [5.74, 6) is -0.164. The molecule has 0 bridgehead atoms. The van der Waals surface area contributed by atoms with Crippen molar-refractivity contribution >= 4 is 40.0 Å². The van der Waals surface area contributed by atoms with Gasteiger partial charge in [-0.1, -0.05) is 12.1 Å². The number of piperazine rings is 1. The lowest BCUT2D eigenvalue weighted by Crippen LogP contribution is -2.43. The number of anilines is 2. The standard InChI is InChI=1S/C19H20N4OS2/c1-13-6-7-17(26-13)19-22-15(12-25-19)18(24)21-14-4-2-3-5-16(14)23-10-8-20-9-11-23/h2-7,12,20H,8-11H2,1H3,(H,21,24). The molecule has 0 aliphatic carbocycles. The van der Waals surface area contributed by atoms with Crippen LogP contribution in [-0.4, -0.2) is 37.1 Å². The number of nitrogens with one attached hydrogen (secondary N) is 2. The number of carbonyl (C=O) groups is 1. The van der Waals surface area contributed by atoms with Gasteiger partial charge in [0.2, 0.25) is 0 Å². The van der Waals surface area contributed by atoms with E-state index in [0.717, 1.165) is 47.4 Å². The summed E-state index contributed by atoms with van der Waals surface area (Å²) in [7, 11) is 0. The van der Waals surface area contributed by atoms with Gasteiger partial charge in [0.25, 0.3) is 5.91 Å². The molecule has 0 saturated carbocycles. The zero-order chi connectivity index (χ0) is 17.9. The van der Waals surface area contributed by atoms with E-state index in [1.54, 1.807) is 11.3 Å². The summed E-state index contributed by atoms with van der Waals surface area (Å²) in [5.41, 5.74) is 2.36. The Morgan fingerprint density at radius 1 is 1.19 bits per heavy atom. The maximum Gasteiger partial charge on any atom is 0.275 e. The molecule has 0 atom stereocenters. The van der Waals surface area contributed by atoms with Crippen LogP contribution in [-0.2, 0) is 0 Å². The van der Waals surface area contributed by atoms with Crippen LogP contribution in [0.15, 0.2) is 41.8 Å². The third-order valence-corrected chi connectivity index (χ3v) is 6.31. The van der Waals surface area contributed by atoms with Crippen molar-refractivity contribution < 1.29 is 4.79 Å². The minimum absolute atomic E-state index is 0.164. The lowest BCUT2D eigenvalue weighted by molar-refractivity contribution is 0.102. The van der Waals surface area contributed by atoms with Gasteiger partial charge in [-0.3, -0.25) is 4.79 Å². The molecule has 1 saturated heterocycles. The monoisotopic (exact) mass is 384 g/mol. The second-order valence-corrected chi connectivity index (χ2v) is 8.30. The van der Waals surface area contributed by atoms with Crippen molar-refractivity contribution in [1.29, 1.82) is 0 Å². The molecule has 26 heavy (non-hydrogen) atoms. The topological polar surface area (TPSA) is 57.3 Å². The lowest BCUT2D eigenvalue weighted by Gasteiger charge is -2.31. The molecule has 1 fully saturated rings. The molecule has 0 spiro atoms. The molecular formula is C19H20N4OS2. The fourth-order valence-electron chi connectivity index (χ4n) is 2.99. The average molecular weight is 385 g/mol. The van der Waals surface area contributed by atoms with Crippen LogP contribution in [0.1, 0.15) is 15.4 Å². The third-order valence-electron chi connectivity index (χ3n) is 4.30. The largest absolute Gasteiger partial charge is 0.367 e. The van der Waals surface area contributed by atoms with Crippen LogP contribution >= 0.6 is 22.7 Å². The Morgan fingerprint density at radius 2 is 2.00 bits per heavy atom. The van der Waals surface area contributed by atoms with Gasteiger partial charge in [-0.25, -0.2) is 4.98 Å². The summed E-state index contributed by atoms with van der Waals surface area (Å²) in [5, 5.41) is 9.11. The number of rotatable bonds is 4. The number of amides is 1. The van der Waals surface area contributed by atoms with E-state index in [1.165, 1.54) is 16.2 Å². The van der Waals surface area contributed by atoms with Gasteiger partial charge in [0.1, 0.15) is 10.7 Å². The third kappa shape index (κ3) is 3.65. The fourth-order valence-corrected chi connectivity index (χ4v) is 4.73. The highest BCUT2D eigenvalue weighted by molar-refractivity contribution is 7.21. The second kappa shape index (κ2) is 7.57. The van der Waals surface area contributed by atoms with Gasteiger partial charge in [0.05, 0.1) is 16.3 Å². The van der Waals surface area contributed by atoms with Crippen molar-refractivity contribution in [1.82, 2.24) is 10.3 Å². The number of benzene rings is 1. The van der Waals surface area contributed by atoms with Gasteiger partial charge in [-0.2, -0.15) is 0 Å². The van der Waals surface area contributed by atoms with E-state index < -0.39 is 0 Å². The summed E-state index contributed by atoms with van der Waals surface area (Å²) in [6, 6.07) is 12.1. The van der Waals surface area contributed by atoms with Crippen molar-refractivity contribution in [3.8, 4) is 9.88 Å². The number of thiophene rings is 1. The van der Waals surface area contributed by atoms with E-state index in [9.17, 15) is 4.79 Å². The Hall–Kier alpha value is -2.22. The molecule has 2 aromatic heterocycles. The van der Waals surface area contributed by atoms with Crippen LogP contribution < -0.4 is 15.5 Å². The first kappa shape index (κ1) is 17.2. The Labute approximate surface area is 160 Å². The first-order valence-electron chi connectivity index (χ1n) is 8.59. The number of aryl methyl sites for hydroxylation is 1. The number of hydrogen-bond acceptors (Lipinski definition) is 6. The Kier molecular flexibility index (Phi) is 5.01. The molecule has 3 heterocycles. The van der Waals surface area contributed by atoms with Crippen LogP contribution in [0.25, 0.3) is 9.88 Å². The summed E-state index contributed by atoms with van der Waals surface area (Å²) in [6.07, 6.45) is 0. The minimum atomic E-state index is -0.164. The maximum absolute atomic E-state index is 12.7. The smallest absolute Gasteiger partial charge is 0.275 e. The van der Waals surface area contributed by atoms with Crippen molar-refractivity contribution in [2.24, 2.45) is 0 Å². The molecule has 1 aliphatic rings. The summed E-state index contributed by atoms with van der Waals surface area (Å²) < 4.78 is 0. The molecular weight excluding hydrogens is 364 g/mol. The van der Waals surface area contributed by atoms with Gasteiger partial charge in [-0.05, 0) is 31.2 Å². The lowest BCUT2D eigenvalue weighted by atomic mass is 10.2. The Morgan fingerprint density at radius 3 is 2.77 bits per heavy atom. The number of nitrogens with zero attached hydrogens (tertiary/aromatic N) is 2. The average Bonchev–Trinajstić information content (AvgIpc) is 3.32. The summed E-state index contributed by atoms with van der Waals surface area (Å²) in [4.78, 5) is 21.9. The van der Waals surface area contributed by atoms with Crippen LogP contribution in [0.2, 0.25) is 0 Å². The van der Waals surface area contributed by atoms with E-state index >= 15 is 0 Å². The number of thiazole rings is 1. The SMILES string of the molecule is Cc1ccc(-c2nc(C(=O)Nc3ccccc3N3CCNCC3)cs2)s1. The molecule has 2 N–H and O–H groups in total. The summed E-state index contributed by atoms with van der Waals surface area (Å²) >= 11 is 3.20. The Balaban J connectivity index is 1.53. The molecule has 3 aromatic rings. The molecule has 7 heteroatoms. The van der Waals surface area contributed by atoms with E-state index in [1.807, 2.05) is 23.6 Å². The molecule has 5 nitrogen and oxygen atoms in total. The molecule has 0 unspecified atom stereocenters. The molecule has 1 amide bonds. The number of para-hydroxylation sites is 2. The highest BCUT2D eigenvalue weighted by atomic mass is 32.1. The molecule has 4 rings (SSSR count). The van der Waals surface area contributed by atoms with Crippen LogP contribution in [0.4, 0.5) is 11.4 Å². The predicted octanol–water partition coefficient (Wildman–Crippen LogP) is 3.84. The van der Waals surface area contributed by atoms with Gasteiger partial charge in [-0.15, -0.1) is 22.7 Å². The normalized spacial score (nSPS) is 14.4. The van der Waals surface area contributed by atoms with Crippen molar-refractivity contribution in [2.45, 2.75) is 6.92 Å². The number of aromatic nitrogens is 1. The van der Waals surface area contributed by atoms with Crippen molar-refractivity contribution in [2.75, 3.05) is 36.4 Å². The Bertz CT molecular complexity index is 912. The molecule has 1 aromatic carbocycles. The zero-order valence-electron chi connectivity index (χ0n) is 14.5. The predicted molar refractivity (Wildman–Crippen MR) is 110 cm³/mol. The molecule has 0 radical (unpaired) electrons. The zero-order valence-corrected chi connectivity index (χ0v) is 16.1. The van der Waals surface area contributed by atoms with Crippen molar-refractivity contribution in [3.63, 3.8) is 0 Å². The molecule has 1 aliphatic heterocycles. The minimum Gasteiger partial charge on any atom is -0.367 e. The second-order valence-electron chi connectivity index (χ2n) is 6.16. The van der Waals surface area contributed by atoms with Crippen molar-refractivity contribution in [3.05, 3.63) is 52.3 Å². The van der Waals surface area contributed by atoms with Gasteiger partial charge in [0.15, 0.2) is 0 Å². The van der Waals surface area contributed by atoms with Gasteiger partial charge < -0.3 is 15.5 Å². The van der Waals surface area contributed by atoms with E-state index in [2.05, 4.69) is 45.6 Å². The van der Waals surface area contributed by atoms with Gasteiger partial charge >= 0.3 is 0 Å². The number of carbonyl (C=O) groups excluding carboxylic acids is 1. The quantitative estimate of drug-likeness (QED) is 0.718. The molecule has 134 valence electrons. The van der Waals surface area contributed by atoms with Crippen LogP contribution in [0, 0.1) is 6.92 Å². The highest BCUT2D eigenvalue weighted by Gasteiger charge is 2.17. The van der Waals surface area contributed by atoms with Crippen LogP contribution in [0.5, 0.6) is 0 Å². The first-order valence-corrected chi connectivity index (χ1v) is 10.3. The number of hydrogen-bond donors (Lipinski definition) is 2. The highest BCUT2D eigenvalue weighted by Crippen LogP contribution is 2.31. The van der Waals surface area contributed by atoms with E-state index in [0.29, 0.717) is 5.69 Å². The summed E-state index contributed by atoms with van der Waals surface area (Å²) in [6.45, 7) is 5.86. The van der Waals surface area contributed by atoms with Crippen LogP contribution in [0.3, 0.4) is 0 Å². The van der Waals surface area contributed by atoms with E-state index in [-0.39, 0.29) is 5.91 Å². The van der Waals surface area contributed by atoms with E-state index in [4.69, 9.17) is 0 Å². The van der Waals surface area contributed by atoms with Gasteiger partial charge in [0, 0.05) is 36.4 Å². The first-order chi connectivity index (χ1) is 12.7.